The van der Waals surface area contributed by atoms with Crippen LogP contribution in [0.2, 0.25) is 0 Å². The van der Waals surface area contributed by atoms with Gasteiger partial charge in [0.2, 0.25) is 0 Å². The Morgan fingerprint density at radius 2 is 1.75 bits per heavy atom. The fraction of sp³-hybridized carbons (Fsp3) is 0.516. The molecule has 5 heteroatoms. The quantitative estimate of drug-likeness (QED) is 0.445. The number of aryl methyl sites for hydroxylation is 1. The summed E-state index contributed by atoms with van der Waals surface area (Å²) in [7, 11) is 0. The van der Waals surface area contributed by atoms with Gasteiger partial charge in [-0.25, -0.2) is 0 Å². The average molecular weight is 484 g/mol. The lowest BCUT2D eigenvalue weighted by Gasteiger charge is -2.37. The third-order valence-corrected chi connectivity index (χ3v) is 8.46. The van der Waals surface area contributed by atoms with E-state index in [4.69, 9.17) is 0 Å². The first-order valence-corrected chi connectivity index (χ1v) is 13.9. The smallest absolute Gasteiger partial charge is 0.0991 e. The number of piperazine rings is 1. The minimum atomic E-state index is 0.682. The normalized spacial score (nSPS) is 18.2. The van der Waals surface area contributed by atoms with Gasteiger partial charge < -0.3 is 14.8 Å². The molecule has 2 saturated heterocycles. The van der Waals surface area contributed by atoms with Crippen LogP contribution in [0, 0.1) is 24.2 Å². The van der Waals surface area contributed by atoms with Crippen molar-refractivity contribution in [3.63, 3.8) is 0 Å². The van der Waals surface area contributed by atoms with Crippen molar-refractivity contribution in [2.24, 2.45) is 5.92 Å². The highest BCUT2D eigenvalue weighted by Gasteiger charge is 2.22. The Labute approximate surface area is 216 Å². The van der Waals surface area contributed by atoms with Crippen LogP contribution in [0.15, 0.2) is 42.5 Å². The molecule has 2 aliphatic heterocycles. The number of nitriles is 1. The molecule has 3 aromatic rings. The van der Waals surface area contributed by atoms with Crippen LogP contribution in [0.1, 0.15) is 50.7 Å². The number of hydrogen-bond donors (Lipinski definition) is 1. The first-order chi connectivity index (χ1) is 17.5. The van der Waals surface area contributed by atoms with Crippen LogP contribution in [0.25, 0.3) is 22.2 Å². The zero-order chi connectivity index (χ0) is 25.1. The molecule has 2 aliphatic rings. The van der Waals surface area contributed by atoms with E-state index in [1.165, 1.54) is 75.2 Å². The molecule has 0 unspecified atom stereocenters. The van der Waals surface area contributed by atoms with E-state index in [2.05, 4.69) is 70.8 Å². The number of piperidine rings is 1. The van der Waals surface area contributed by atoms with Crippen LogP contribution in [-0.4, -0.2) is 66.6 Å². The summed E-state index contributed by atoms with van der Waals surface area (Å²) in [6.45, 7) is 15.3. The third kappa shape index (κ3) is 5.61. The van der Waals surface area contributed by atoms with E-state index in [1.54, 1.807) is 0 Å². The molecular formula is C31H41N5. The van der Waals surface area contributed by atoms with Crippen molar-refractivity contribution in [2.45, 2.75) is 52.5 Å². The predicted octanol–water partition coefficient (Wildman–Crippen LogP) is 6.04. The summed E-state index contributed by atoms with van der Waals surface area (Å²) in [5.74, 6) is 0.867. The molecule has 0 aliphatic carbocycles. The lowest BCUT2D eigenvalue weighted by atomic mass is 9.91. The van der Waals surface area contributed by atoms with Crippen molar-refractivity contribution in [3.8, 4) is 17.3 Å². The van der Waals surface area contributed by atoms with E-state index in [1.807, 2.05) is 18.2 Å². The minimum Gasteiger partial charge on any atom is -0.371 e. The number of rotatable bonds is 7. The van der Waals surface area contributed by atoms with Gasteiger partial charge in [-0.3, -0.25) is 4.90 Å². The van der Waals surface area contributed by atoms with E-state index < -0.39 is 0 Å². The van der Waals surface area contributed by atoms with Gasteiger partial charge in [-0.1, -0.05) is 6.07 Å². The highest BCUT2D eigenvalue weighted by atomic mass is 15.3. The fourth-order valence-corrected chi connectivity index (χ4v) is 6.03. The molecule has 2 aromatic carbocycles. The third-order valence-electron chi connectivity index (χ3n) is 8.46. The van der Waals surface area contributed by atoms with Crippen LogP contribution in [-0.2, 0) is 0 Å². The molecule has 0 atom stereocenters. The number of benzene rings is 2. The number of nitrogens with one attached hydrogen (secondary N) is 1. The van der Waals surface area contributed by atoms with Gasteiger partial charge in [0.25, 0.3) is 0 Å². The second kappa shape index (κ2) is 11.1. The maximum absolute atomic E-state index is 9.23. The van der Waals surface area contributed by atoms with Crippen LogP contribution in [0.4, 0.5) is 5.69 Å². The molecule has 1 N–H and O–H groups in total. The summed E-state index contributed by atoms with van der Waals surface area (Å²) in [4.78, 5) is 11.4. The van der Waals surface area contributed by atoms with Gasteiger partial charge in [0.1, 0.15) is 0 Å². The van der Waals surface area contributed by atoms with Crippen LogP contribution in [0.5, 0.6) is 0 Å². The molecule has 2 fully saturated rings. The van der Waals surface area contributed by atoms with Crippen LogP contribution in [0.3, 0.4) is 0 Å². The van der Waals surface area contributed by atoms with Crippen molar-refractivity contribution in [3.05, 3.63) is 53.6 Å². The molecule has 0 bridgehead atoms. The van der Waals surface area contributed by atoms with E-state index >= 15 is 0 Å². The van der Waals surface area contributed by atoms with E-state index in [-0.39, 0.29) is 0 Å². The SMILES string of the molecule is Cc1ccc(N2CCC(CCCN3CCN(C(C)C)CC3)CC2)cc1-c1cc2cc(C#N)ccc2[nH]1. The van der Waals surface area contributed by atoms with Gasteiger partial charge in [-0.05, 0) is 101 Å². The number of anilines is 1. The monoisotopic (exact) mass is 483 g/mol. The van der Waals surface area contributed by atoms with Crippen LogP contribution < -0.4 is 4.90 Å². The second-order valence-corrected chi connectivity index (χ2v) is 11.1. The molecule has 0 amide bonds. The summed E-state index contributed by atoms with van der Waals surface area (Å²) < 4.78 is 0. The molecule has 0 spiro atoms. The summed E-state index contributed by atoms with van der Waals surface area (Å²) in [5, 5.41) is 10.3. The molecule has 5 rings (SSSR count). The molecule has 5 nitrogen and oxygen atoms in total. The maximum Gasteiger partial charge on any atom is 0.0991 e. The summed E-state index contributed by atoms with van der Waals surface area (Å²) in [6, 6.07) is 17.8. The zero-order valence-corrected chi connectivity index (χ0v) is 22.3. The van der Waals surface area contributed by atoms with Gasteiger partial charge in [0.15, 0.2) is 0 Å². The highest BCUT2D eigenvalue weighted by Crippen LogP contribution is 2.33. The number of aromatic nitrogens is 1. The first kappa shape index (κ1) is 24.9. The number of H-pyrrole nitrogens is 1. The number of hydrogen-bond acceptors (Lipinski definition) is 4. The van der Waals surface area contributed by atoms with Gasteiger partial charge in [-0.15, -0.1) is 0 Å². The number of aromatic amines is 1. The Bertz CT molecular complexity index is 1200. The topological polar surface area (TPSA) is 49.3 Å². The van der Waals surface area contributed by atoms with Gasteiger partial charge >= 0.3 is 0 Å². The Morgan fingerprint density at radius 1 is 0.972 bits per heavy atom. The first-order valence-electron chi connectivity index (χ1n) is 13.9. The summed E-state index contributed by atoms with van der Waals surface area (Å²) in [5.41, 5.74) is 6.76. The predicted molar refractivity (Wildman–Crippen MR) is 151 cm³/mol. The second-order valence-electron chi connectivity index (χ2n) is 11.1. The molecule has 0 saturated carbocycles. The van der Waals surface area contributed by atoms with Crippen molar-refractivity contribution in [2.75, 3.05) is 50.7 Å². The number of nitrogens with zero attached hydrogens (tertiary/aromatic N) is 4. The highest BCUT2D eigenvalue weighted by molar-refractivity contribution is 5.88. The van der Waals surface area contributed by atoms with E-state index in [9.17, 15) is 5.26 Å². The fourth-order valence-electron chi connectivity index (χ4n) is 6.03. The Morgan fingerprint density at radius 3 is 2.47 bits per heavy atom. The lowest BCUT2D eigenvalue weighted by molar-refractivity contribution is 0.106. The van der Waals surface area contributed by atoms with E-state index in [0.717, 1.165) is 35.6 Å². The molecular weight excluding hydrogens is 442 g/mol. The summed E-state index contributed by atoms with van der Waals surface area (Å²) >= 11 is 0. The molecule has 1 aromatic heterocycles. The van der Waals surface area contributed by atoms with Crippen molar-refractivity contribution in [1.29, 1.82) is 5.26 Å². The van der Waals surface area contributed by atoms with Crippen molar-refractivity contribution < 1.29 is 0 Å². The van der Waals surface area contributed by atoms with Crippen LogP contribution >= 0.6 is 0 Å². The average Bonchev–Trinajstić information content (AvgIpc) is 3.33. The Hall–Kier alpha value is -2.81. The molecule has 3 heterocycles. The van der Waals surface area contributed by atoms with Crippen molar-refractivity contribution in [1.82, 2.24) is 14.8 Å². The molecule has 0 radical (unpaired) electrons. The molecule has 190 valence electrons. The van der Waals surface area contributed by atoms with Gasteiger partial charge in [0, 0.05) is 73.2 Å². The van der Waals surface area contributed by atoms with Crippen molar-refractivity contribution >= 4 is 16.6 Å². The minimum absolute atomic E-state index is 0.682. The maximum atomic E-state index is 9.23. The van der Waals surface area contributed by atoms with Gasteiger partial charge in [-0.2, -0.15) is 5.26 Å². The largest absolute Gasteiger partial charge is 0.371 e. The lowest BCUT2D eigenvalue weighted by Crippen LogP contribution is -2.49. The summed E-state index contributed by atoms with van der Waals surface area (Å²) in [6.07, 6.45) is 5.31. The van der Waals surface area contributed by atoms with E-state index in [0.29, 0.717) is 11.6 Å². The molecule has 36 heavy (non-hydrogen) atoms. The Kier molecular flexibility index (Phi) is 7.65. The number of fused-ring (bicyclic) bond motifs is 1. The zero-order valence-electron chi connectivity index (χ0n) is 22.3. The Balaban J connectivity index is 1.14. The standard InChI is InChI=1S/C31H41N5/c1-23(2)35-17-15-34(16-18-35)12-4-5-25-10-13-36(14-11-25)28-8-6-24(3)29(21-28)31-20-27-19-26(22-32)7-9-30(27)33-31/h6-9,19-21,23,25,33H,4-5,10-18H2,1-3H3. The van der Waals surface area contributed by atoms with Gasteiger partial charge in [0.05, 0.1) is 11.6 Å².